The molecule has 0 bridgehead atoms. The van der Waals surface area contributed by atoms with Gasteiger partial charge in [-0.2, -0.15) is 0 Å². The van der Waals surface area contributed by atoms with Crippen LogP contribution >= 0.6 is 0 Å². The molecule has 0 saturated heterocycles. The number of anilines is 1. The van der Waals surface area contributed by atoms with Crippen LogP contribution in [0.25, 0.3) is 6.08 Å². The molecule has 0 fully saturated rings. The van der Waals surface area contributed by atoms with Gasteiger partial charge in [0.1, 0.15) is 18.1 Å². The van der Waals surface area contributed by atoms with Gasteiger partial charge in [0, 0.05) is 0 Å². The molecule has 0 aromatic heterocycles. The van der Waals surface area contributed by atoms with Crippen LogP contribution in [-0.4, -0.2) is 22.1 Å². The standard InChI is InChI=1S/C23H21NO4S/c1-17-7-13-21(14-8-17)29(25,26)24-19(15-18-9-11-20(27-2)12-10-18)16-28-23-6-4-3-5-22(23)24/h3-15H,16H2,1-2H3/b19-15-. The highest BCUT2D eigenvalue weighted by Crippen LogP contribution is 2.39. The maximum Gasteiger partial charge on any atom is 0.268 e. The molecule has 3 aromatic rings. The van der Waals surface area contributed by atoms with E-state index < -0.39 is 10.0 Å². The molecule has 3 aromatic carbocycles. The van der Waals surface area contributed by atoms with Crippen LogP contribution in [0, 0.1) is 6.92 Å². The highest BCUT2D eigenvalue weighted by molar-refractivity contribution is 7.93. The number of aryl methyl sites for hydroxylation is 1. The lowest BCUT2D eigenvalue weighted by molar-refractivity contribution is 0.342. The molecule has 0 aliphatic carbocycles. The van der Waals surface area contributed by atoms with E-state index in [4.69, 9.17) is 9.47 Å². The van der Waals surface area contributed by atoms with E-state index >= 15 is 0 Å². The third-order valence-corrected chi connectivity index (χ3v) is 6.51. The molecule has 0 unspecified atom stereocenters. The molecule has 5 nitrogen and oxygen atoms in total. The molecule has 6 heteroatoms. The molecule has 148 valence electrons. The van der Waals surface area contributed by atoms with Gasteiger partial charge in [-0.15, -0.1) is 0 Å². The van der Waals surface area contributed by atoms with Gasteiger partial charge >= 0.3 is 0 Å². The van der Waals surface area contributed by atoms with Crippen LogP contribution in [0.1, 0.15) is 11.1 Å². The van der Waals surface area contributed by atoms with Crippen molar-refractivity contribution in [3.8, 4) is 11.5 Å². The summed E-state index contributed by atoms with van der Waals surface area (Å²) in [4.78, 5) is 0.237. The van der Waals surface area contributed by atoms with Crippen molar-refractivity contribution < 1.29 is 17.9 Å². The number of benzene rings is 3. The fourth-order valence-corrected chi connectivity index (χ4v) is 4.72. The van der Waals surface area contributed by atoms with Crippen LogP contribution in [0.5, 0.6) is 11.5 Å². The molecule has 0 amide bonds. The average molecular weight is 407 g/mol. The van der Waals surface area contributed by atoms with Crippen molar-refractivity contribution in [1.29, 1.82) is 0 Å². The Balaban J connectivity index is 1.84. The molecule has 0 spiro atoms. The lowest BCUT2D eigenvalue weighted by atomic mass is 10.1. The Morgan fingerprint density at radius 2 is 1.66 bits per heavy atom. The van der Waals surface area contributed by atoms with Gasteiger partial charge in [0.2, 0.25) is 0 Å². The van der Waals surface area contributed by atoms with Gasteiger partial charge in [-0.25, -0.2) is 12.7 Å². The molecule has 0 radical (unpaired) electrons. The predicted molar refractivity (Wildman–Crippen MR) is 114 cm³/mol. The maximum absolute atomic E-state index is 13.6. The third-order valence-electron chi connectivity index (χ3n) is 4.73. The largest absolute Gasteiger partial charge is 0.497 e. The minimum absolute atomic E-state index is 0.147. The second-order valence-corrected chi connectivity index (χ2v) is 8.53. The second kappa shape index (κ2) is 7.64. The Labute approximate surface area is 170 Å². The summed E-state index contributed by atoms with van der Waals surface area (Å²) in [7, 11) is -2.21. The first-order valence-electron chi connectivity index (χ1n) is 9.17. The van der Waals surface area contributed by atoms with Gasteiger partial charge in [-0.05, 0) is 55.0 Å². The monoisotopic (exact) mass is 407 g/mol. The van der Waals surface area contributed by atoms with Gasteiger partial charge in [-0.1, -0.05) is 42.0 Å². The zero-order valence-corrected chi connectivity index (χ0v) is 17.0. The van der Waals surface area contributed by atoms with Crippen LogP contribution in [0.4, 0.5) is 5.69 Å². The first-order valence-corrected chi connectivity index (χ1v) is 10.6. The van der Waals surface area contributed by atoms with Gasteiger partial charge < -0.3 is 9.47 Å². The molecule has 1 aliphatic rings. The summed E-state index contributed by atoms with van der Waals surface area (Å²) in [5.74, 6) is 1.27. The van der Waals surface area contributed by atoms with Crippen molar-refractivity contribution in [3.05, 3.63) is 89.6 Å². The first kappa shape index (κ1) is 19.1. The van der Waals surface area contributed by atoms with Crippen LogP contribution in [-0.2, 0) is 10.0 Å². The SMILES string of the molecule is COc1ccc(/C=C2/COc3ccccc3N2S(=O)(=O)c2ccc(C)cc2)cc1. The summed E-state index contributed by atoms with van der Waals surface area (Å²) in [6.07, 6.45) is 1.82. The molecule has 1 aliphatic heterocycles. The van der Waals surface area contributed by atoms with E-state index in [1.165, 1.54) is 4.31 Å². The van der Waals surface area contributed by atoms with Crippen molar-refractivity contribution >= 4 is 21.8 Å². The molecule has 4 rings (SSSR count). The summed E-state index contributed by atoms with van der Waals surface area (Å²) >= 11 is 0. The van der Waals surface area contributed by atoms with E-state index in [1.807, 2.05) is 43.3 Å². The summed E-state index contributed by atoms with van der Waals surface area (Å²) < 4.78 is 39.6. The second-order valence-electron chi connectivity index (χ2n) is 6.75. The number of nitrogens with zero attached hydrogens (tertiary/aromatic N) is 1. The quantitative estimate of drug-likeness (QED) is 0.633. The van der Waals surface area contributed by atoms with Crippen molar-refractivity contribution in [2.75, 3.05) is 18.0 Å². The number of hydrogen-bond acceptors (Lipinski definition) is 4. The van der Waals surface area contributed by atoms with Crippen LogP contribution in [0.3, 0.4) is 0 Å². The molecule has 1 heterocycles. The first-order chi connectivity index (χ1) is 14.0. The zero-order valence-electron chi connectivity index (χ0n) is 16.2. The minimum Gasteiger partial charge on any atom is -0.497 e. The lowest BCUT2D eigenvalue weighted by Crippen LogP contribution is -2.36. The Bertz CT molecular complexity index is 1150. The van der Waals surface area contributed by atoms with E-state index in [2.05, 4.69) is 0 Å². The molecule has 0 atom stereocenters. The lowest BCUT2D eigenvalue weighted by Gasteiger charge is -2.32. The van der Waals surface area contributed by atoms with E-state index in [-0.39, 0.29) is 11.5 Å². The topological polar surface area (TPSA) is 55.8 Å². The summed E-state index contributed by atoms with van der Waals surface area (Å²) in [5.41, 5.74) is 2.89. The van der Waals surface area contributed by atoms with E-state index in [0.717, 1.165) is 16.9 Å². The van der Waals surface area contributed by atoms with Gasteiger partial charge in [-0.3, -0.25) is 0 Å². The third kappa shape index (κ3) is 3.71. The molecule has 0 saturated carbocycles. The summed E-state index contributed by atoms with van der Waals surface area (Å²) in [6.45, 7) is 2.07. The average Bonchev–Trinajstić information content (AvgIpc) is 2.74. The number of fused-ring (bicyclic) bond motifs is 1. The Hall–Kier alpha value is -3.25. The van der Waals surface area contributed by atoms with Crippen molar-refractivity contribution in [2.24, 2.45) is 0 Å². The van der Waals surface area contributed by atoms with Crippen LogP contribution in [0.15, 0.2) is 83.4 Å². The maximum atomic E-state index is 13.6. The molecular formula is C23H21NO4S. The van der Waals surface area contributed by atoms with Crippen molar-refractivity contribution in [3.63, 3.8) is 0 Å². The van der Waals surface area contributed by atoms with E-state index in [9.17, 15) is 8.42 Å². The Morgan fingerprint density at radius 1 is 0.966 bits per heavy atom. The van der Waals surface area contributed by atoms with Crippen molar-refractivity contribution in [1.82, 2.24) is 0 Å². The number of methoxy groups -OCH3 is 1. The smallest absolute Gasteiger partial charge is 0.268 e. The number of para-hydroxylation sites is 2. The van der Waals surface area contributed by atoms with Gasteiger partial charge in [0.15, 0.2) is 0 Å². The number of sulfonamides is 1. The zero-order chi connectivity index (χ0) is 20.4. The summed E-state index contributed by atoms with van der Waals surface area (Å²) in [5, 5.41) is 0. The number of hydrogen-bond donors (Lipinski definition) is 0. The highest BCUT2D eigenvalue weighted by Gasteiger charge is 2.33. The highest BCUT2D eigenvalue weighted by atomic mass is 32.2. The van der Waals surface area contributed by atoms with Crippen LogP contribution < -0.4 is 13.8 Å². The fourth-order valence-electron chi connectivity index (χ4n) is 3.20. The molecular weight excluding hydrogens is 386 g/mol. The minimum atomic E-state index is -3.81. The number of rotatable bonds is 4. The fraction of sp³-hybridized carbons (Fsp3) is 0.130. The Kier molecular flexibility index (Phi) is 5.03. The molecule has 29 heavy (non-hydrogen) atoms. The van der Waals surface area contributed by atoms with Gasteiger partial charge in [0.05, 0.1) is 23.4 Å². The predicted octanol–water partition coefficient (Wildman–Crippen LogP) is 4.63. The van der Waals surface area contributed by atoms with Gasteiger partial charge in [0.25, 0.3) is 10.0 Å². The molecule has 0 N–H and O–H groups in total. The van der Waals surface area contributed by atoms with E-state index in [1.54, 1.807) is 49.6 Å². The van der Waals surface area contributed by atoms with Crippen molar-refractivity contribution in [2.45, 2.75) is 11.8 Å². The Morgan fingerprint density at radius 3 is 2.34 bits per heavy atom. The van der Waals surface area contributed by atoms with E-state index in [0.29, 0.717) is 17.1 Å². The van der Waals surface area contributed by atoms with Crippen LogP contribution in [0.2, 0.25) is 0 Å². The number of ether oxygens (including phenoxy) is 2. The normalized spacial score (nSPS) is 15.0. The summed E-state index contributed by atoms with van der Waals surface area (Å²) in [6, 6.07) is 21.4.